The number of hydrogen-bond donors (Lipinski definition) is 2. The molecule has 0 saturated heterocycles. The van der Waals surface area contributed by atoms with Crippen LogP contribution in [0, 0.1) is 6.92 Å². The Morgan fingerprint density at radius 2 is 2.23 bits per heavy atom. The van der Waals surface area contributed by atoms with Crippen LogP contribution in [0.5, 0.6) is 0 Å². The summed E-state index contributed by atoms with van der Waals surface area (Å²) in [5.41, 5.74) is 2.65. The van der Waals surface area contributed by atoms with E-state index in [0.717, 1.165) is 17.0 Å². The van der Waals surface area contributed by atoms with Gasteiger partial charge in [0, 0.05) is 23.5 Å². The van der Waals surface area contributed by atoms with Crippen molar-refractivity contribution in [1.82, 2.24) is 15.2 Å². The van der Waals surface area contributed by atoms with Gasteiger partial charge in [-0.3, -0.25) is 9.89 Å². The molecule has 0 aliphatic heterocycles. The highest BCUT2D eigenvalue weighted by atomic mass is 16.1. The van der Waals surface area contributed by atoms with Crippen LogP contribution in [-0.2, 0) is 0 Å². The molecule has 0 amide bonds. The molecule has 0 aliphatic rings. The number of aromatic nitrogens is 3. The summed E-state index contributed by atoms with van der Waals surface area (Å²) in [6.07, 6.45) is 1.65. The van der Waals surface area contributed by atoms with Gasteiger partial charge in [-0.1, -0.05) is 0 Å². The van der Waals surface area contributed by atoms with Crippen molar-refractivity contribution in [3.63, 3.8) is 0 Å². The predicted molar refractivity (Wildman–Crippen MR) is 49.4 cm³/mol. The second-order valence-electron chi connectivity index (χ2n) is 2.88. The lowest BCUT2D eigenvalue weighted by molar-refractivity contribution is 1.05. The maximum absolute atomic E-state index is 10.8. The Labute approximate surface area is 74.6 Å². The molecule has 13 heavy (non-hydrogen) atoms. The monoisotopic (exact) mass is 175 g/mol. The first kappa shape index (κ1) is 7.79. The van der Waals surface area contributed by atoms with Crippen molar-refractivity contribution in [2.24, 2.45) is 0 Å². The third kappa shape index (κ3) is 1.51. The Bertz CT molecular complexity index is 449. The smallest absolute Gasteiger partial charge is 0.247 e. The van der Waals surface area contributed by atoms with Crippen LogP contribution in [-0.4, -0.2) is 15.2 Å². The lowest BCUT2D eigenvalue weighted by atomic mass is 10.2. The average molecular weight is 175 g/mol. The van der Waals surface area contributed by atoms with E-state index in [4.69, 9.17) is 0 Å². The van der Waals surface area contributed by atoms with Crippen molar-refractivity contribution in [3.8, 4) is 11.3 Å². The van der Waals surface area contributed by atoms with Gasteiger partial charge in [0.25, 0.3) is 0 Å². The molecule has 0 atom stereocenters. The highest BCUT2D eigenvalue weighted by Gasteiger charge is 2.00. The van der Waals surface area contributed by atoms with Gasteiger partial charge >= 0.3 is 0 Å². The van der Waals surface area contributed by atoms with Crippen LogP contribution >= 0.6 is 0 Å². The lowest BCUT2D eigenvalue weighted by Gasteiger charge is -1.92. The number of nitrogens with one attached hydrogen (secondary N) is 2. The zero-order valence-electron chi connectivity index (χ0n) is 7.16. The maximum atomic E-state index is 10.8. The zero-order chi connectivity index (χ0) is 9.26. The third-order valence-corrected chi connectivity index (χ3v) is 1.79. The van der Waals surface area contributed by atoms with Crippen molar-refractivity contribution in [1.29, 1.82) is 0 Å². The molecule has 2 aromatic rings. The van der Waals surface area contributed by atoms with E-state index in [1.165, 1.54) is 6.07 Å². The summed E-state index contributed by atoms with van der Waals surface area (Å²) in [4.78, 5) is 13.4. The minimum atomic E-state index is -0.101. The van der Waals surface area contributed by atoms with Gasteiger partial charge in [-0.25, -0.2) is 0 Å². The third-order valence-electron chi connectivity index (χ3n) is 1.79. The Hall–Kier alpha value is -1.84. The van der Waals surface area contributed by atoms with Crippen LogP contribution < -0.4 is 5.56 Å². The molecule has 2 aromatic heterocycles. The number of hydrogen-bond acceptors (Lipinski definition) is 2. The molecule has 0 radical (unpaired) electrons. The highest BCUT2D eigenvalue weighted by molar-refractivity contribution is 5.57. The van der Waals surface area contributed by atoms with Crippen LogP contribution in [0.15, 0.2) is 29.2 Å². The van der Waals surface area contributed by atoms with Crippen LogP contribution in [0.2, 0.25) is 0 Å². The second-order valence-corrected chi connectivity index (χ2v) is 2.88. The van der Waals surface area contributed by atoms with Crippen LogP contribution in [0.1, 0.15) is 5.69 Å². The van der Waals surface area contributed by atoms with E-state index in [1.54, 1.807) is 12.3 Å². The largest absolute Gasteiger partial charge is 0.328 e. The second kappa shape index (κ2) is 2.90. The number of H-pyrrole nitrogens is 2. The summed E-state index contributed by atoms with van der Waals surface area (Å²) < 4.78 is 0. The Balaban J connectivity index is 2.47. The Morgan fingerprint density at radius 1 is 1.38 bits per heavy atom. The van der Waals surface area contributed by atoms with Gasteiger partial charge in [0.2, 0.25) is 5.56 Å². The number of pyridine rings is 1. The van der Waals surface area contributed by atoms with E-state index in [9.17, 15) is 4.79 Å². The van der Waals surface area contributed by atoms with E-state index in [2.05, 4.69) is 15.2 Å². The number of rotatable bonds is 1. The van der Waals surface area contributed by atoms with Crippen molar-refractivity contribution < 1.29 is 0 Å². The van der Waals surface area contributed by atoms with Gasteiger partial charge in [0.1, 0.15) is 0 Å². The van der Waals surface area contributed by atoms with E-state index in [-0.39, 0.29) is 5.56 Å². The standard InChI is InChI=1S/C9H9N3O/c1-6-4-8(12-11-6)7-2-3-9(13)10-5-7/h2-5H,1H3,(H,10,13)(H,11,12). The van der Waals surface area contributed by atoms with Gasteiger partial charge in [0.05, 0.1) is 5.69 Å². The molecule has 0 spiro atoms. The Morgan fingerprint density at radius 3 is 2.77 bits per heavy atom. The number of nitrogens with zero attached hydrogens (tertiary/aromatic N) is 1. The Kier molecular flexibility index (Phi) is 1.73. The molecule has 0 bridgehead atoms. The summed E-state index contributed by atoms with van der Waals surface area (Å²) in [7, 11) is 0. The quantitative estimate of drug-likeness (QED) is 0.681. The first-order valence-corrected chi connectivity index (χ1v) is 3.97. The van der Waals surface area contributed by atoms with E-state index in [0.29, 0.717) is 0 Å². The summed E-state index contributed by atoms with van der Waals surface area (Å²) in [6, 6.07) is 5.15. The number of aryl methyl sites for hydroxylation is 1. The van der Waals surface area contributed by atoms with Crippen molar-refractivity contribution in [2.45, 2.75) is 6.92 Å². The first-order valence-electron chi connectivity index (χ1n) is 3.97. The van der Waals surface area contributed by atoms with Gasteiger partial charge in [-0.15, -0.1) is 0 Å². The van der Waals surface area contributed by atoms with Crippen LogP contribution in [0.25, 0.3) is 11.3 Å². The summed E-state index contributed by atoms with van der Waals surface area (Å²) >= 11 is 0. The average Bonchev–Trinajstić information content (AvgIpc) is 2.53. The van der Waals surface area contributed by atoms with Gasteiger partial charge in [-0.05, 0) is 19.1 Å². The molecule has 0 aliphatic carbocycles. The fourth-order valence-electron chi connectivity index (χ4n) is 1.14. The molecule has 0 unspecified atom stereocenters. The molecule has 2 N–H and O–H groups in total. The fraction of sp³-hybridized carbons (Fsp3) is 0.111. The van der Waals surface area contributed by atoms with Gasteiger partial charge < -0.3 is 4.98 Å². The van der Waals surface area contributed by atoms with Crippen molar-refractivity contribution in [2.75, 3.05) is 0 Å². The molecule has 2 rings (SSSR count). The summed E-state index contributed by atoms with van der Waals surface area (Å²) in [5.74, 6) is 0. The molecule has 0 saturated carbocycles. The van der Waals surface area contributed by atoms with Crippen LogP contribution in [0.4, 0.5) is 0 Å². The van der Waals surface area contributed by atoms with Crippen LogP contribution in [0.3, 0.4) is 0 Å². The highest BCUT2D eigenvalue weighted by Crippen LogP contribution is 2.14. The van der Waals surface area contributed by atoms with Gasteiger partial charge in [-0.2, -0.15) is 5.10 Å². The van der Waals surface area contributed by atoms with Crippen molar-refractivity contribution >= 4 is 0 Å². The summed E-state index contributed by atoms with van der Waals surface area (Å²) in [6.45, 7) is 1.93. The maximum Gasteiger partial charge on any atom is 0.247 e. The van der Waals surface area contributed by atoms with Gasteiger partial charge in [0.15, 0.2) is 0 Å². The topological polar surface area (TPSA) is 61.5 Å². The summed E-state index contributed by atoms with van der Waals surface area (Å²) in [5, 5.41) is 6.91. The van der Waals surface area contributed by atoms with E-state index < -0.39 is 0 Å². The minimum absolute atomic E-state index is 0.101. The molecule has 66 valence electrons. The first-order chi connectivity index (χ1) is 6.25. The molecule has 0 fully saturated rings. The fourth-order valence-corrected chi connectivity index (χ4v) is 1.14. The lowest BCUT2D eigenvalue weighted by Crippen LogP contribution is -2.01. The normalized spacial score (nSPS) is 10.2. The molecule has 2 heterocycles. The van der Waals surface area contributed by atoms with E-state index in [1.807, 2.05) is 13.0 Å². The molecular weight excluding hydrogens is 166 g/mol. The molecule has 4 nitrogen and oxygen atoms in total. The number of aromatic amines is 2. The SMILES string of the molecule is Cc1cc(-c2ccc(=O)[nH]c2)n[nH]1. The zero-order valence-corrected chi connectivity index (χ0v) is 7.16. The van der Waals surface area contributed by atoms with E-state index >= 15 is 0 Å². The van der Waals surface area contributed by atoms with Crippen molar-refractivity contribution in [3.05, 3.63) is 40.4 Å². The molecule has 4 heteroatoms. The minimum Gasteiger partial charge on any atom is -0.328 e. The molecule has 0 aromatic carbocycles. The predicted octanol–water partition coefficient (Wildman–Crippen LogP) is 1.07. The molecular formula is C9H9N3O.